The lowest BCUT2D eigenvalue weighted by molar-refractivity contribution is 0.108. The summed E-state index contributed by atoms with van der Waals surface area (Å²) in [5.74, 6) is 5.60. The van der Waals surface area contributed by atoms with Gasteiger partial charge in [0.1, 0.15) is 6.61 Å². The quantitative estimate of drug-likeness (QED) is 0.275. The summed E-state index contributed by atoms with van der Waals surface area (Å²) in [5, 5.41) is 0. The first kappa shape index (κ1) is 17.8. The van der Waals surface area contributed by atoms with Crippen LogP contribution in [-0.4, -0.2) is 31.4 Å². The summed E-state index contributed by atoms with van der Waals surface area (Å²) in [5.41, 5.74) is 7.73. The molecule has 0 atom stereocenters. The summed E-state index contributed by atoms with van der Waals surface area (Å²) in [4.78, 5) is 11.8. The van der Waals surface area contributed by atoms with E-state index in [1.807, 2.05) is 32.1 Å². The minimum absolute atomic E-state index is 0.333. The molecule has 4 nitrogen and oxygen atoms in total. The van der Waals surface area contributed by atoms with Crippen LogP contribution in [0.15, 0.2) is 23.7 Å². The Hall–Kier alpha value is -2.25. The van der Waals surface area contributed by atoms with Crippen molar-refractivity contribution >= 4 is 17.7 Å². The van der Waals surface area contributed by atoms with Crippen LogP contribution in [-0.2, 0) is 4.84 Å². The van der Waals surface area contributed by atoms with E-state index in [0.29, 0.717) is 6.61 Å². The van der Waals surface area contributed by atoms with E-state index in [1.54, 1.807) is 6.92 Å². The molecule has 0 aliphatic carbocycles. The van der Waals surface area contributed by atoms with Gasteiger partial charge in [-0.05, 0) is 51.0 Å². The summed E-state index contributed by atoms with van der Waals surface area (Å²) in [6, 6.07) is 4.13. The molecule has 0 radical (unpaired) electrons. The molecule has 1 N–H and O–H groups in total. The van der Waals surface area contributed by atoms with Gasteiger partial charge in [0.05, 0.1) is 17.7 Å². The van der Waals surface area contributed by atoms with Crippen molar-refractivity contribution in [3.8, 4) is 11.8 Å². The van der Waals surface area contributed by atoms with E-state index in [2.05, 4.69) is 47.9 Å². The van der Waals surface area contributed by atoms with Crippen molar-refractivity contribution < 1.29 is 4.84 Å². The lowest BCUT2D eigenvalue weighted by Crippen LogP contribution is -2.14. The Morgan fingerprint density at radius 2 is 2.14 bits per heavy atom. The Morgan fingerprint density at radius 3 is 2.77 bits per heavy atom. The summed E-state index contributed by atoms with van der Waals surface area (Å²) in [7, 11) is 2.00. The van der Waals surface area contributed by atoms with Crippen LogP contribution in [0.2, 0.25) is 0 Å². The molecule has 0 fully saturated rings. The first-order chi connectivity index (χ1) is 10.5. The third kappa shape index (κ3) is 5.27. The Kier molecular flexibility index (Phi) is 7.21. The van der Waals surface area contributed by atoms with E-state index in [0.717, 1.165) is 34.6 Å². The van der Waals surface area contributed by atoms with Crippen LogP contribution in [0.1, 0.15) is 30.5 Å². The molecule has 0 saturated heterocycles. The monoisotopic (exact) mass is 299 g/mol. The van der Waals surface area contributed by atoms with Gasteiger partial charge in [0.15, 0.2) is 0 Å². The fourth-order valence-electron chi connectivity index (χ4n) is 1.79. The maximum atomic E-state index is 5.25. The van der Waals surface area contributed by atoms with Crippen molar-refractivity contribution in [1.82, 2.24) is 10.4 Å². The van der Waals surface area contributed by atoms with Crippen molar-refractivity contribution in [1.29, 1.82) is 0 Å². The third-order valence-electron chi connectivity index (χ3n) is 3.28. The SMILES string of the molecule is C=C(NOCC#CC)c1cc(C)c(N=CN(C)CC)cc1C. The van der Waals surface area contributed by atoms with Crippen molar-refractivity contribution in [3.05, 3.63) is 35.4 Å². The second-order valence-corrected chi connectivity index (χ2v) is 5.07. The molecule has 0 aliphatic rings. The first-order valence-corrected chi connectivity index (χ1v) is 7.32. The summed E-state index contributed by atoms with van der Waals surface area (Å²) < 4.78 is 0. The Balaban J connectivity index is 2.86. The first-order valence-electron chi connectivity index (χ1n) is 7.32. The molecule has 118 valence electrons. The lowest BCUT2D eigenvalue weighted by Gasteiger charge is -2.14. The molecule has 0 aromatic heterocycles. The molecular weight excluding hydrogens is 274 g/mol. The van der Waals surface area contributed by atoms with E-state index in [-0.39, 0.29) is 0 Å². The predicted octanol–water partition coefficient (Wildman–Crippen LogP) is 3.43. The van der Waals surface area contributed by atoms with Crippen LogP contribution in [0, 0.1) is 25.7 Å². The van der Waals surface area contributed by atoms with Gasteiger partial charge in [-0.1, -0.05) is 12.5 Å². The maximum Gasteiger partial charge on any atom is 0.135 e. The highest BCUT2D eigenvalue weighted by atomic mass is 16.6. The third-order valence-corrected chi connectivity index (χ3v) is 3.28. The Morgan fingerprint density at radius 1 is 1.41 bits per heavy atom. The zero-order chi connectivity index (χ0) is 16.5. The van der Waals surface area contributed by atoms with Gasteiger partial charge in [0.2, 0.25) is 0 Å². The number of hydrogen-bond donors (Lipinski definition) is 1. The predicted molar refractivity (Wildman–Crippen MR) is 93.9 cm³/mol. The number of hydrogen-bond acceptors (Lipinski definition) is 3. The van der Waals surface area contributed by atoms with Crippen molar-refractivity contribution in [3.63, 3.8) is 0 Å². The Labute approximate surface area is 133 Å². The van der Waals surface area contributed by atoms with Crippen LogP contribution >= 0.6 is 0 Å². The van der Waals surface area contributed by atoms with E-state index in [9.17, 15) is 0 Å². The zero-order valence-electron chi connectivity index (χ0n) is 14.2. The molecule has 0 unspecified atom stereocenters. The van der Waals surface area contributed by atoms with Gasteiger partial charge < -0.3 is 4.90 Å². The molecular formula is C18H25N3O. The number of hydroxylamine groups is 1. The molecule has 1 rings (SSSR count). The van der Waals surface area contributed by atoms with Gasteiger partial charge >= 0.3 is 0 Å². The van der Waals surface area contributed by atoms with Crippen molar-refractivity contribution in [2.45, 2.75) is 27.7 Å². The molecule has 0 spiro atoms. The van der Waals surface area contributed by atoms with Gasteiger partial charge in [-0.15, -0.1) is 5.92 Å². The van der Waals surface area contributed by atoms with Crippen LogP contribution < -0.4 is 5.48 Å². The molecule has 1 aromatic rings. The second kappa shape index (κ2) is 8.91. The van der Waals surface area contributed by atoms with Crippen molar-refractivity contribution in [2.75, 3.05) is 20.2 Å². The lowest BCUT2D eigenvalue weighted by atomic mass is 10.0. The van der Waals surface area contributed by atoms with E-state index < -0.39 is 0 Å². The fraction of sp³-hybridized carbons (Fsp3) is 0.389. The molecule has 22 heavy (non-hydrogen) atoms. The molecule has 0 saturated carbocycles. The van der Waals surface area contributed by atoms with Gasteiger partial charge in [0.25, 0.3) is 0 Å². The van der Waals surface area contributed by atoms with E-state index in [1.165, 1.54) is 0 Å². The van der Waals surface area contributed by atoms with E-state index >= 15 is 0 Å². The topological polar surface area (TPSA) is 36.9 Å². The standard InChI is InChI=1S/C18H25N3O/c1-7-9-10-22-20-16(5)17-11-15(4)18(12-14(17)3)19-13-21(6)8-2/h11-13,20H,5,8,10H2,1-4,6H3. The minimum Gasteiger partial charge on any atom is -0.366 e. The van der Waals surface area contributed by atoms with Gasteiger partial charge in [-0.25, -0.2) is 4.99 Å². The number of nitrogens with zero attached hydrogens (tertiary/aromatic N) is 2. The molecule has 1 aromatic carbocycles. The van der Waals surface area contributed by atoms with Crippen LogP contribution in [0.5, 0.6) is 0 Å². The number of rotatable bonds is 7. The summed E-state index contributed by atoms with van der Waals surface area (Å²) in [6.07, 6.45) is 1.85. The molecule has 4 heteroatoms. The van der Waals surface area contributed by atoms with Gasteiger partial charge in [-0.3, -0.25) is 10.3 Å². The molecule has 0 bridgehead atoms. The van der Waals surface area contributed by atoms with Gasteiger partial charge in [-0.2, -0.15) is 0 Å². The summed E-state index contributed by atoms with van der Waals surface area (Å²) >= 11 is 0. The maximum absolute atomic E-state index is 5.25. The van der Waals surface area contributed by atoms with Crippen LogP contribution in [0.4, 0.5) is 5.69 Å². The largest absolute Gasteiger partial charge is 0.366 e. The highest BCUT2D eigenvalue weighted by Crippen LogP contribution is 2.26. The summed E-state index contributed by atoms with van der Waals surface area (Å²) in [6.45, 7) is 13.2. The molecule has 0 amide bonds. The van der Waals surface area contributed by atoms with Crippen molar-refractivity contribution in [2.24, 2.45) is 4.99 Å². The highest BCUT2D eigenvalue weighted by molar-refractivity contribution is 5.70. The Bertz CT molecular complexity index is 609. The minimum atomic E-state index is 0.333. The van der Waals surface area contributed by atoms with Crippen LogP contribution in [0.25, 0.3) is 5.70 Å². The number of aliphatic imine (C=N–C) groups is 1. The number of aryl methyl sites for hydroxylation is 2. The fourth-order valence-corrected chi connectivity index (χ4v) is 1.79. The molecule has 0 heterocycles. The molecule has 0 aliphatic heterocycles. The normalized spacial score (nSPS) is 10.2. The van der Waals surface area contributed by atoms with Gasteiger partial charge in [0, 0.05) is 19.2 Å². The average molecular weight is 299 g/mol. The number of nitrogens with one attached hydrogen (secondary N) is 1. The number of benzene rings is 1. The smallest absolute Gasteiger partial charge is 0.135 e. The highest BCUT2D eigenvalue weighted by Gasteiger charge is 2.07. The second-order valence-electron chi connectivity index (χ2n) is 5.07. The van der Waals surface area contributed by atoms with Crippen LogP contribution in [0.3, 0.4) is 0 Å². The average Bonchev–Trinajstić information content (AvgIpc) is 2.51. The zero-order valence-corrected chi connectivity index (χ0v) is 14.2. The van der Waals surface area contributed by atoms with E-state index in [4.69, 9.17) is 4.84 Å².